The van der Waals surface area contributed by atoms with Gasteiger partial charge in [-0.25, -0.2) is 0 Å². The Morgan fingerprint density at radius 1 is 0.333 bits per heavy atom. The molecule has 1 heterocycles. The lowest BCUT2D eigenvalue weighted by Crippen LogP contribution is -2.15. The summed E-state index contributed by atoms with van der Waals surface area (Å²) in [4.78, 5) is 2.35. The molecule has 2 aliphatic carbocycles. The maximum atomic E-state index is 2.50. The number of fused-ring (bicyclic) bond motifs is 10. The van der Waals surface area contributed by atoms with Crippen LogP contribution in [0.25, 0.3) is 89.3 Å². The van der Waals surface area contributed by atoms with Crippen molar-refractivity contribution in [2.75, 3.05) is 11.9 Å². The molecule has 0 atom stereocenters. The fourth-order valence-electron chi connectivity index (χ4n) is 11.1. The van der Waals surface area contributed by atoms with Gasteiger partial charge in [-0.15, -0.1) is 0 Å². The van der Waals surface area contributed by atoms with Crippen LogP contribution in [0.3, 0.4) is 0 Å². The first-order chi connectivity index (χ1) is 29.2. The van der Waals surface area contributed by atoms with E-state index in [4.69, 9.17) is 0 Å². The molecule has 0 spiro atoms. The zero-order chi connectivity index (χ0) is 40.5. The molecule has 0 fully saturated rings. The fraction of sp³-hybridized carbons (Fsp3) is 0.119. The highest BCUT2D eigenvalue weighted by Gasteiger charge is 2.37. The molecule has 0 amide bonds. The minimum atomic E-state index is -0.103. The summed E-state index contributed by atoms with van der Waals surface area (Å²) in [6.45, 7) is 9.52. The molecule has 0 saturated heterocycles. The van der Waals surface area contributed by atoms with Crippen LogP contribution in [0, 0.1) is 0 Å². The van der Waals surface area contributed by atoms with Gasteiger partial charge in [0.05, 0.1) is 0 Å². The molecule has 0 N–H and O–H groups in total. The third kappa shape index (κ3) is 4.87. The van der Waals surface area contributed by atoms with Crippen molar-refractivity contribution < 1.29 is 0 Å². The Labute approximate surface area is 352 Å². The van der Waals surface area contributed by atoms with E-state index in [1.165, 1.54) is 122 Å². The molecular weight excluding hydrogens is 723 g/mol. The number of rotatable bonds is 3. The third-order valence-corrected chi connectivity index (χ3v) is 14.2. The molecule has 12 rings (SSSR count). The van der Waals surface area contributed by atoms with Crippen molar-refractivity contribution in [3.63, 3.8) is 0 Å². The van der Waals surface area contributed by atoms with Crippen molar-refractivity contribution in [2.45, 2.75) is 38.5 Å². The highest BCUT2D eigenvalue weighted by atomic mass is 15.1. The topological polar surface area (TPSA) is 3.24 Å². The van der Waals surface area contributed by atoms with Crippen LogP contribution >= 0.6 is 0 Å². The van der Waals surface area contributed by atoms with E-state index in [9.17, 15) is 0 Å². The largest absolute Gasteiger partial charge is 0.344 e. The molecule has 3 aliphatic rings. The Morgan fingerprint density at radius 2 is 0.783 bits per heavy atom. The number of anilines is 2. The fourth-order valence-corrected chi connectivity index (χ4v) is 11.1. The van der Waals surface area contributed by atoms with Crippen LogP contribution in [0.5, 0.6) is 0 Å². The van der Waals surface area contributed by atoms with Crippen molar-refractivity contribution in [1.82, 2.24) is 0 Å². The van der Waals surface area contributed by atoms with Crippen molar-refractivity contribution in [3.05, 3.63) is 203 Å². The molecule has 1 aliphatic heterocycles. The van der Waals surface area contributed by atoms with E-state index < -0.39 is 0 Å². The van der Waals surface area contributed by atoms with E-state index >= 15 is 0 Å². The maximum absolute atomic E-state index is 2.50. The van der Waals surface area contributed by atoms with E-state index in [0.717, 1.165) is 0 Å². The summed E-state index contributed by atoms with van der Waals surface area (Å²) in [5.41, 5.74) is 23.2. The molecular formula is C59H45N. The summed E-state index contributed by atoms with van der Waals surface area (Å²) in [7, 11) is 2.20. The van der Waals surface area contributed by atoms with Crippen LogP contribution in [0.15, 0.2) is 170 Å². The van der Waals surface area contributed by atoms with E-state index in [2.05, 4.69) is 222 Å². The van der Waals surface area contributed by atoms with Gasteiger partial charge >= 0.3 is 0 Å². The molecule has 0 unspecified atom stereocenters. The molecule has 0 bridgehead atoms. The van der Waals surface area contributed by atoms with Gasteiger partial charge in [0, 0.05) is 29.3 Å². The van der Waals surface area contributed by atoms with Crippen molar-refractivity contribution in [1.29, 1.82) is 0 Å². The smallest absolute Gasteiger partial charge is 0.0488 e. The Balaban J connectivity index is 1.12. The van der Waals surface area contributed by atoms with Crippen LogP contribution < -0.4 is 4.90 Å². The van der Waals surface area contributed by atoms with Gasteiger partial charge in [0.25, 0.3) is 0 Å². The third-order valence-electron chi connectivity index (χ3n) is 14.2. The van der Waals surface area contributed by atoms with Gasteiger partial charge < -0.3 is 4.90 Å². The highest BCUT2D eigenvalue weighted by molar-refractivity contribution is 6.22. The van der Waals surface area contributed by atoms with Crippen molar-refractivity contribution in [2.24, 2.45) is 0 Å². The predicted molar refractivity (Wildman–Crippen MR) is 256 cm³/mol. The zero-order valence-corrected chi connectivity index (χ0v) is 34.8. The maximum Gasteiger partial charge on any atom is 0.0488 e. The SMILES string of the molecule is CN1c2ccccc2C=Cc2ccc(-c3c4ccccc4c(-c4ccc5c(c4)C(C)(C)c4ccccc4-5)c4cc(-c5ccc6c(c5)C(C)(C)c5ccccc5-6)ccc34)cc21. The molecule has 286 valence electrons. The van der Waals surface area contributed by atoms with Gasteiger partial charge in [-0.1, -0.05) is 179 Å². The van der Waals surface area contributed by atoms with Gasteiger partial charge in [-0.05, 0) is 141 Å². The van der Waals surface area contributed by atoms with Crippen LogP contribution in [-0.4, -0.2) is 7.05 Å². The average molecular weight is 768 g/mol. The number of benzene rings is 9. The molecule has 9 aromatic rings. The second kappa shape index (κ2) is 12.5. The summed E-state index contributed by atoms with van der Waals surface area (Å²) in [5, 5.41) is 5.06. The lowest BCUT2D eigenvalue weighted by atomic mass is 9.80. The number of nitrogens with zero attached hydrogens (tertiary/aromatic N) is 1. The zero-order valence-electron chi connectivity index (χ0n) is 34.8. The van der Waals surface area contributed by atoms with E-state index in [-0.39, 0.29) is 10.8 Å². The molecule has 1 nitrogen and oxygen atoms in total. The second-order valence-electron chi connectivity index (χ2n) is 18.1. The van der Waals surface area contributed by atoms with Gasteiger partial charge in [-0.3, -0.25) is 0 Å². The van der Waals surface area contributed by atoms with E-state index in [0.29, 0.717) is 0 Å². The Morgan fingerprint density at radius 3 is 1.47 bits per heavy atom. The monoisotopic (exact) mass is 767 g/mol. The van der Waals surface area contributed by atoms with E-state index in [1.807, 2.05) is 0 Å². The first kappa shape index (κ1) is 35.0. The second-order valence-corrected chi connectivity index (χ2v) is 18.1. The molecule has 0 aromatic heterocycles. The first-order valence-corrected chi connectivity index (χ1v) is 21.3. The molecule has 60 heavy (non-hydrogen) atoms. The molecule has 9 aromatic carbocycles. The molecule has 0 radical (unpaired) electrons. The summed E-state index contributed by atoms with van der Waals surface area (Å²) >= 11 is 0. The Kier molecular flexibility index (Phi) is 7.31. The van der Waals surface area contributed by atoms with Crippen molar-refractivity contribution >= 4 is 45.1 Å². The number of hydrogen-bond acceptors (Lipinski definition) is 1. The van der Waals surface area contributed by atoms with Crippen LogP contribution in [-0.2, 0) is 10.8 Å². The average Bonchev–Trinajstić information content (AvgIpc) is 3.58. The minimum Gasteiger partial charge on any atom is -0.344 e. The quantitative estimate of drug-likeness (QED) is 0.162. The number of para-hydroxylation sites is 1. The van der Waals surface area contributed by atoms with Crippen LogP contribution in [0.2, 0.25) is 0 Å². The minimum absolute atomic E-state index is 0.0731. The van der Waals surface area contributed by atoms with Gasteiger partial charge in [-0.2, -0.15) is 0 Å². The molecule has 0 saturated carbocycles. The molecule has 1 heteroatoms. The van der Waals surface area contributed by atoms with Gasteiger partial charge in [0.15, 0.2) is 0 Å². The lowest BCUT2D eigenvalue weighted by molar-refractivity contribution is 0.660. The summed E-state index contributed by atoms with van der Waals surface area (Å²) in [5.74, 6) is 0. The highest BCUT2D eigenvalue weighted by Crippen LogP contribution is 2.53. The summed E-state index contributed by atoms with van der Waals surface area (Å²) in [6, 6.07) is 64.3. The van der Waals surface area contributed by atoms with Gasteiger partial charge in [0.1, 0.15) is 0 Å². The lowest BCUT2D eigenvalue weighted by Gasteiger charge is -2.24. The summed E-state index contributed by atoms with van der Waals surface area (Å²) in [6.07, 6.45) is 4.50. The van der Waals surface area contributed by atoms with E-state index in [1.54, 1.807) is 0 Å². The standard InChI is InChI=1S/C59H45N/c1-58(2)50-19-11-9-15-42(50)44-29-26-39(33-52(44)58)38-27-31-48-49(32-38)57(40-28-30-45-43-16-10-12-20-51(43)59(3,4)53(45)34-40)47-18-8-7-17-46(47)56(48)41-25-24-37-23-22-36-14-6-13-21-54(36)60(5)55(37)35-41/h6-35H,1-5H3. The number of hydrogen-bond donors (Lipinski definition) is 0. The van der Waals surface area contributed by atoms with Gasteiger partial charge in [0.2, 0.25) is 0 Å². The Hall–Kier alpha value is -6.96. The van der Waals surface area contributed by atoms with Crippen molar-refractivity contribution in [3.8, 4) is 55.6 Å². The normalized spacial score (nSPS) is 14.9. The summed E-state index contributed by atoms with van der Waals surface area (Å²) < 4.78 is 0. The Bertz CT molecular complexity index is 3340. The predicted octanol–water partition coefficient (Wildman–Crippen LogP) is 15.9. The van der Waals surface area contributed by atoms with Crippen LogP contribution in [0.4, 0.5) is 11.4 Å². The van der Waals surface area contributed by atoms with Crippen LogP contribution in [0.1, 0.15) is 61.1 Å². The first-order valence-electron chi connectivity index (χ1n) is 21.3.